The van der Waals surface area contributed by atoms with Crippen molar-refractivity contribution in [2.75, 3.05) is 11.5 Å². The maximum absolute atomic E-state index is 2.27. The zero-order valence-electron chi connectivity index (χ0n) is 11.3. The minimum absolute atomic E-state index is 1.14. The Balaban J connectivity index is 0.00000106. The van der Waals surface area contributed by atoms with Crippen LogP contribution in [0.1, 0.15) is 45.2 Å². The van der Waals surface area contributed by atoms with Crippen molar-refractivity contribution in [2.45, 2.75) is 47.0 Å². The highest BCUT2D eigenvalue weighted by Crippen LogP contribution is 2.09. The molecular weight excluding hydrogens is 212 g/mol. The monoisotopic (exact) mass is 238 g/mol. The van der Waals surface area contributed by atoms with Crippen molar-refractivity contribution in [3.63, 3.8) is 0 Å². The molecule has 1 rings (SSSR count). The zero-order chi connectivity index (χ0) is 12.2. The van der Waals surface area contributed by atoms with Crippen LogP contribution in [0.3, 0.4) is 0 Å². The van der Waals surface area contributed by atoms with Gasteiger partial charge in [0.2, 0.25) is 0 Å². The third-order valence-corrected chi connectivity index (χ3v) is 3.38. The Morgan fingerprint density at radius 3 is 2.00 bits per heavy atom. The van der Waals surface area contributed by atoms with Crippen molar-refractivity contribution < 1.29 is 0 Å². The second-order valence-electron chi connectivity index (χ2n) is 3.47. The van der Waals surface area contributed by atoms with Gasteiger partial charge in [0.15, 0.2) is 0 Å². The average molecular weight is 238 g/mol. The summed E-state index contributed by atoms with van der Waals surface area (Å²) in [6.07, 6.45) is 3.69. The van der Waals surface area contributed by atoms with Gasteiger partial charge in [-0.15, -0.1) is 0 Å². The summed E-state index contributed by atoms with van der Waals surface area (Å²) in [5, 5.41) is 0. The van der Waals surface area contributed by atoms with Gasteiger partial charge in [-0.25, -0.2) is 0 Å². The standard InChI is InChI=1S/C13H20S.C2H6/c1-3-12-7-9-13(10-8-12)6-5-11-14-4-2;1-2/h7-10H,3-6,11H2,1-2H3;1-2H3. The third kappa shape index (κ3) is 6.95. The van der Waals surface area contributed by atoms with Crippen molar-refractivity contribution in [3.8, 4) is 0 Å². The molecule has 0 aliphatic carbocycles. The van der Waals surface area contributed by atoms with E-state index in [1.807, 2.05) is 25.6 Å². The Kier molecular flexibility index (Phi) is 10.8. The van der Waals surface area contributed by atoms with Gasteiger partial charge >= 0.3 is 0 Å². The fourth-order valence-corrected chi connectivity index (χ4v) is 2.10. The van der Waals surface area contributed by atoms with Crippen LogP contribution in [0.4, 0.5) is 0 Å². The number of hydrogen-bond donors (Lipinski definition) is 0. The van der Waals surface area contributed by atoms with Crippen LogP contribution in [-0.2, 0) is 12.8 Å². The highest BCUT2D eigenvalue weighted by atomic mass is 32.2. The van der Waals surface area contributed by atoms with Gasteiger partial charge in [-0.2, -0.15) is 11.8 Å². The van der Waals surface area contributed by atoms with Crippen LogP contribution >= 0.6 is 11.8 Å². The smallest absolute Gasteiger partial charge is 0.00645 e. The topological polar surface area (TPSA) is 0 Å². The molecule has 0 spiro atoms. The molecule has 0 unspecified atom stereocenters. The third-order valence-electron chi connectivity index (χ3n) is 2.39. The van der Waals surface area contributed by atoms with E-state index in [0.717, 1.165) is 6.42 Å². The maximum atomic E-state index is 2.27. The summed E-state index contributed by atoms with van der Waals surface area (Å²) in [7, 11) is 0. The lowest BCUT2D eigenvalue weighted by Crippen LogP contribution is -1.89. The molecule has 0 aliphatic heterocycles. The van der Waals surface area contributed by atoms with Crippen LogP contribution in [-0.4, -0.2) is 11.5 Å². The molecule has 0 radical (unpaired) electrons. The van der Waals surface area contributed by atoms with Gasteiger partial charge in [-0.1, -0.05) is 52.0 Å². The molecule has 0 heterocycles. The predicted octanol–water partition coefficient (Wildman–Crippen LogP) is 4.96. The van der Waals surface area contributed by atoms with E-state index in [2.05, 4.69) is 38.1 Å². The molecule has 0 bridgehead atoms. The first-order chi connectivity index (χ1) is 7.86. The van der Waals surface area contributed by atoms with E-state index in [1.54, 1.807) is 0 Å². The minimum Gasteiger partial charge on any atom is -0.162 e. The molecule has 1 aromatic carbocycles. The Bertz CT molecular complexity index is 238. The number of aryl methyl sites for hydroxylation is 2. The average Bonchev–Trinajstić information content (AvgIpc) is 2.38. The maximum Gasteiger partial charge on any atom is -0.00645 e. The Morgan fingerprint density at radius 1 is 0.938 bits per heavy atom. The summed E-state index contributed by atoms with van der Waals surface area (Å²) in [4.78, 5) is 0. The van der Waals surface area contributed by atoms with Gasteiger partial charge in [-0.3, -0.25) is 0 Å². The van der Waals surface area contributed by atoms with Crippen molar-refractivity contribution in [1.29, 1.82) is 0 Å². The van der Waals surface area contributed by atoms with Crippen LogP contribution in [0, 0.1) is 0 Å². The van der Waals surface area contributed by atoms with Crippen LogP contribution in [0.2, 0.25) is 0 Å². The lowest BCUT2D eigenvalue weighted by Gasteiger charge is -2.02. The molecule has 0 saturated carbocycles. The highest BCUT2D eigenvalue weighted by molar-refractivity contribution is 7.99. The summed E-state index contributed by atoms with van der Waals surface area (Å²) in [6, 6.07) is 9.05. The molecule has 0 fully saturated rings. The normalized spacial score (nSPS) is 9.50. The second kappa shape index (κ2) is 11.1. The second-order valence-corrected chi connectivity index (χ2v) is 4.86. The van der Waals surface area contributed by atoms with E-state index in [9.17, 15) is 0 Å². The van der Waals surface area contributed by atoms with E-state index in [4.69, 9.17) is 0 Å². The molecule has 16 heavy (non-hydrogen) atoms. The molecule has 0 saturated heterocycles. The van der Waals surface area contributed by atoms with Gasteiger partial charge in [0, 0.05) is 0 Å². The molecular formula is C15H26S. The lowest BCUT2D eigenvalue weighted by molar-refractivity contribution is 0.931. The molecule has 0 atom stereocenters. The van der Waals surface area contributed by atoms with Crippen molar-refractivity contribution in [3.05, 3.63) is 35.4 Å². The molecule has 0 amide bonds. The van der Waals surface area contributed by atoms with Crippen LogP contribution in [0.5, 0.6) is 0 Å². The summed E-state index contributed by atoms with van der Waals surface area (Å²) in [5.74, 6) is 2.54. The molecule has 0 N–H and O–H groups in total. The summed E-state index contributed by atoms with van der Waals surface area (Å²) >= 11 is 2.04. The van der Waals surface area contributed by atoms with Gasteiger partial charge in [0.1, 0.15) is 0 Å². The molecule has 0 aromatic heterocycles. The molecule has 0 aliphatic rings. The SMILES string of the molecule is CC.CCSCCCc1ccc(CC)cc1. The van der Waals surface area contributed by atoms with E-state index in [1.165, 1.54) is 35.5 Å². The number of hydrogen-bond acceptors (Lipinski definition) is 1. The predicted molar refractivity (Wildman–Crippen MR) is 78.5 cm³/mol. The highest BCUT2D eigenvalue weighted by Gasteiger charge is 1.93. The first kappa shape index (κ1) is 15.6. The summed E-state index contributed by atoms with van der Waals surface area (Å²) in [5.41, 5.74) is 2.93. The number of thioether (sulfide) groups is 1. The van der Waals surface area contributed by atoms with E-state index >= 15 is 0 Å². The fourth-order valence-electron chi connectivity index (χ4n) is 1.46. The van der Waals surface area contributed by atoms with Crippen molar-refractivity contribution in [1.82, 2.24) is 0 Å². The number of rotatable bonds is 6. The fraction of sp³-hybridized carbons (Fsp3) is 0.600. The molecule has 0 nitrogen and oxygen atoms in total. The van der Waals surface area contributed by atoms with Gasteiger partial charge in [-0.05, 0) is 41.9 Å². The first-order valence-electron chi connectivity index (χ1n) is 6.52. The first-order valence-corrected chi connectivity index (χ1v) is 7.67. The van der Waals surface area contributed by atoms with Crippen LogP contribution < -0.4 is 0 Å². The lowest BCUT2D eigenvalue weighted by atomic mass is 10.1. The van der Waals surface area contributed by atoms with E-state index in [0.29, 0.717) is 0 Å². The largest absolute Gasteiger partial charge is 0.162 e. The Labute approximate surface area is 106 Å². The van der Waals surface area contributed by atoms with Gasteiger partial charge < -0.3 is 0 Å². The molecule has 1 heteroatoms. The van der Waals surface area contributed by atoms with Gasteiger partial charge in [0.25, 0.3) is 0 Å². The molecule has 1 aromatic rings. The van der Waals surface area contributed by atoms with E-state index in [-0.39, 0.29) is 0 Å². The molecule has 92 valence electrons. The van der Waals surface area contributed by atoms with Crippen LogP contribution in [0.25, 0.3) is 0 Å². The van der Waals surface area contributed by atoms with Crippen LogP contribution in [0.15, 0.2) is 24.3 Å². The van der Waals surface area contributed by atoms with Crippen molar-refractivity contribution in [2.24, 2.45) is 0 Å². The summed E-state index contributed by atoms with van der Waals surface area (Å²) in [6.45, 7) is 8.42. The van der Waals surface area contributed by atoms with Gasteiger partial charge in [0.05, 0.1) is 0 Å². The number of benzene rings is 1. The summed E-state index contributed by atoms with van der Waals surface area (Å²) < 4.78 is 0. The Morgan fingerprint density at radius 2 is 1.50 bits per heavy atom. The van der Waals surface area contributed by atoms with Crippen molar-refractivity contribution >= 4 is 11.8 Å². The Hall–Kier alpha value is -0.430. The zero-order valence-corrected chi connectivity index (χ0v) is 12.1. The van der Waals surface area contributed by atoms with E-state index < -0.39 is 0 Å². The minimum atomic E-state index is 1.14. The quantitative estimate of drug-likeness (QED) is 0.631.